The molecule has 3 rings (SSSR count). The highest BCUT2D eigenvalue weighted by Gasteiger charge is 2.33. The Morgan fingerprint density at radius 2 is 1.79 bits per heavy atom. The second-order valence-corrected chi connectivity index (χ2v) is 11.2. The zero-order chi connectivity index (χ0) is 24.8. The molecule has 0 saturated carbocycles. The van der Waals surface area contributed by atoms with Gasteiger partial charge in [-0.05, 0) is 43.7 Å². The van der Waals surface area contributed by atoms with Gasteiger partial charge in [0.15, 0.2) is 0 Å². The fraction of sp³-hybridized carbons (Fsp3) is 0.615. The van der Waals surface area contributed by atoms with Crippen LogP contribution in [0.5, 0.6) is 0 Å². The van der Waals surface area contributed by atoms with Crippen LogP contribution < -0.4 is 10.5 Å². The number of anilines is 1. The van der Waals surface area contributed by atoms with Crippen LogP contribution in [0.2, 0.25) is 0 Å². The Balaban J connectivity index is 1.90. The molecule has 3 heterocycles. The summed E-state index contributed by atoms with van der Waals surface area (Å²) in [6, 6.07) is 2.08. The van der Waals surface area contributed by atoms with E-state index in [0.717, 1.165) is 50.2 Å². The van der Waals surface area contributed by atoms with Crippen molar-refractivity contribution in [1.82, 2.24) is 9.47 Å². The minimum absolute atomic E-state index is 0.0754. The minimum Gasteiger partial charge on any atom is -0.357 e. The lowest BCUT2D eigenvalue weighted by molar-refractivity contribution is -0.122. The van der Waals surface area contributed by atoms with Crippen molar-refractivity contribution < 1.29 is 4.79 Å². The Kier molecular flexibility index (Phi) is 9.38. The molecular weight excluding hydrogens is 464 g/mol. The van der Waals surface area contributed by atoms with Gasteiger partial charge in [-0.1, -0.05) is 69.9 Å². The van der Waals surface area contributed by atoms with Crippen LogP contribution >= 0.6 is 24.0 Å². The Bertz CT molecular complexity index is 1060. The molecule has 184 valence electrons. The molecule has 1 aromatic rings. The fourth-order valence-electron chi connectivity index (χ4n) is 4.69. The van der Waals surface area contributed by atoms with Gasteiger partial charge in [-0.15, -0.1) is 0 Å². The first kappa shape index (κ1) is 26.5. The lowest BCUT2D eigenvalue weighted by Gasteiger charge is -2.34. The quantitative estimate of drug-likeness (QED) is 0.258. The first-order valence-corrected chi connectivity index (χ1v) is 13.7. The summed E-state index contributed by atoms with van der Waals surface area (Å²) in [7, 11) is 1.72. The predicted octanol–water partition coefficient (Wildman–Crippen LogP) is 5.36. The maximum absolute atomic E-state index is 13.2. The van der Waals surface area contributed by atoms with Crippen LogP contribution in [0.3, 0.4) is 0 Å². The highest BCUT2D eigenvalue weighted by atomic mass is 32.2. The topological polar surface area (TPSA) is 69.3 Å². The summed E-state index contributed by atoms with van der Waals surface area (Å²) in [5, 5.41) is 9.66. The highest BCUT2D eigenvalue weighted by molar-refractivity contribution is 8.26. The molecule has 8 heteroatoms. The van der Waals surface area contributed by atoms with Crippen LogP contribution in [0, 0.1) is 24.2 Å². The number of thiocarbonyl (C=S) groups is 1. The summed E-state index contributed by atoms with van der Waals surface area (Å²) in [4.78, 5) is 30.6. The van der Waals surface area contributed by atoms with Gasteiger partial charge >= 0.3 is 0 Å². The van der Waals surface area contributed by atoms with E-state index >= 15 is 0 Å². The monoisotopic (exact) mass is 500 g/mol. The summed E-state index contributed by atoms with van der Waals surface area (Å²) >= 11 is 6.86. The molecule has 0 unspecified atom stereocenters. The molecule has 2 fully saturated rings. The van der Waals surface area contributed by atoms with Crippen molar-refractivity contribution in [2.75, 3.05) is 24.5 Å². The standard InChI is InChI=1S/C26H36N4O2S2/c1-5-6-7-8-9-10-13-30-25(32)22(34-26(30)33)16-20-19(3)21(17-27)24(31)28(4)23(20)29-14-11-18(2)12-15-29/h16,18H,5-15H2,1-4H3/b22-16+. The van der Waals surface area contributed by atoms with Gasteiger partial charge < -0.3 is 4.90 Å². The number of carbonyl (C=O) groups excluding carboxylic acids is 1. The van der Waals surface area contributed by atoms with Gasteiger partial charge in [0.25, 0.3) is 11.5 Å². The van der Waals surface area contributed by atoms with Gasteiger partial charge in [-0.2, -0.15) is 5.26 Å². The lowest BCUT2D eigenvalue weighted by atomic mass is 9.97. The maximum Gasteiger partial charge on any atom is 0.270 e. The molecule has 0 spiro atoms. The van der Waals surface area contributed by atoms with E-state index < -0.39 is 0 Å². The van der Waals surface area contributed by atoms with Crippen molar-refractivity contribution in [2.45, 2.75) is 72.1 Å². The molecule has 0 atom stereocenters. The summed E-state index contributed by atoms with van der Waals surface area (Å²) in [5.74, 6) is 1.36. The average Bonchev–Trinajstić information content (AvgIpc) is 3.08. The first-order chi connectivity index (χ1) is 16.3. The molecule has 0 radical (unpaired) electrons. The number of aromatic nitrogens is 1. The summed E-state index contributed by atoms with van der Waals surface area (Å²) in [6.07, 6.45) is 10.9. The predicted molar refractivity (Wildman–Crippen MR) is 145 cm³/mol. The van der Waals surface area contributed by atoms with Crippen LogP contribution in [0.1, 0.15) is 81.9 Å². The van der Waals surface area contributed by atoms with Crippen molar-refractivity contribution in [3.8, 4) is 6.07 Å². The third kappa shape index (κ3) is 5.75. The Morgan fingerprint density at radius 3 is 2.44 bits per heavy atom. The average molecular weight is 501 g/mol. The summed E-state index contributed by atoms with van der Waals surface area (Å²) in [6.45, 7) is 8.59. The third-order valence-corrected chi connectivity index (χ3v) is 8.31. The molecule has 2 aliphatic rings. The number of nitrogens with zero attached hydrogens (tertiary/aromatic N) is 4. The molecule has 0 aromatic carbocycles. The molecule has 1 aromatic heterocycles. The molecule has 2 aliphatic heterocycles. The number of nitriles is 1. The lowest BCUT2D eigenvalue weighted by Crippen LogP contribution is -2.38. The van der Waals surface area contributed by atoms with E-state index in [9.17, 15) is 14.9 Å². The molecule has 6 nitrogen and oxygen atoms in total. The number of hydrogen-bond acceptors (Lipinski definition) is 6. The van der Waals surface area contributed by atoms with Crippen molar-refractivity contribution in [1.29, 1.82) is 5.26 Å². The van der Waals surface area contributed by atoms with E-state index in [1.807, 2.05) is 6.08 Å². The van der Waals surface area contributed by atoms with Crippen LogP contribution in [-0.4, -0.2) is 39.3 Å². The molecule has 0 N–H and O–H groups in total. The van der Waals surface area contributed by atoms with Crippen LogP contribution in [-0.2, 0) is 11.8 Å². The normalized spacial score (nSPS) is 18.3. The van der Waals surface area contributed by atoms with Crippen molar-refractivity contribution in [3.63, 3.8) is 0 Å². The van der Waals surface area contributed by atoms with Crippen molar-refractivity contribution in [3.05, 3.63) is 31.9 Å². The van der Waals surface area contributed by atoms with Crippen molar-refractivity contribution in [2.24, 2.45) is 13.0 Å². The summed E-state index contributed by atoms with van der Waals surface area (Å²) in [5.41, 5.74) is 1.24. The van der Waals surface area contributed by atoms with E-state index in [1.54, 1.807) is 23.4 Å². The van der Waals surface area contributed by atoms with Crippen LogP contribution in [0.4, 0.5) is 5.82 Å². The number of thioether (sulfide) groups is 1. The summed E-state index contributed by atoms with van der Waals surface area (Å²) < 4.78 is 2.16. The zero-order valence-electron chi connectivity index (χ0n) is 20.9. The Labute approximate surface area is 213 Å². The van der Waals surface area contributed by atoms with Crippen LogP contribution in [0.25, 0.3) is 6.08 Å². The smallest absolute Gasteiger partial charge is 0.270 e. The Morgan fingerprint density at radius 1 is 1.15 bits per heavy atom. The van der Waals surface area contributed by atoms with Gasteiger partial charge in [0.05, 0.1) is 4.91 Å². The van der Waals surface area contributed by atoms with E-state index in [4.69, 9.17) is 12.2 Å². The van der Waals surface area contributed by atoms with Gasteiger partial charge in [0.1, 0.15) is 21.8 Å². The second kappa shape index (κ2) is 12.0. The number of carbonyl (C=O) groups is 1. The van der Waals surface area contributed by atoms with E-state index in [-0.39, 0.29) is 17.0 Å². The molecule has 0 aliphatic carbocycles. The van der Waals surface area contributed by atoms with Crippen LogP contribution in [0.15, 0.2) is 9.70 Å². The fourth-order valence-corrected chi connectivity index (χ4v) is 5.98. The maximum atomic E-state index is 13.2. The molecule has 34 heavy (non-hydrogen) atoms. The minimum atomic E-state index is -0.290. The highest BCUT2D eigenvalue weighted by Crippen LogP contribution is 2.36. The number of hydrogen-bond donors (Lipinski definition) is 0. The second-order valence-electron chi connectivity index (χ2n) is 9.48. The molecule has 0 bridgehead atoms. The van der Waals surface area contributed by atoms with Crippen molar-refractivity contribution >= 4 is 46.1 Å². The van der Waals surface area contributed by atoms with E-state index in [1.165, 1.54) is 37.4 Å². The molecular formula is C26H36N4O2S2. The number of piperidine rings is 1. The van der Waals surface area contributed by atoms with Gasteiger partial charge in [-0.25, -0.2) is 0 Å². The van der Waals surface area contributed by atoms with Gasteiger partial charge in [0.2, 0.25) is 0 Å². The largest absolute Gasteiger partial charge is 0.357 e. The number of pyridine rings is 1. The first-order valence-electron chi connectivity index (χ1n) is 12.4. The number of rotatable bonds is 9. The number of unbranched alkanes of at least 4 members (excludes halogenated alkanes) is 5. The number of amides is 1. The Hall–Kier alpha value is -2.11. The zero-order valence-corrected chi connectivity index (χ0v) is 22.5. The molecule has 1 amide bonds. The van der Waals surface area contributed by atoms with E-state index in [2.05, 4.69) is 24.8 Å². The molecule has 2 saturated heterocycles. The van der Waals surface area contributed by atoms with Gasteiger partial charge in [-0.3, -0.25) is 19.1 Å². The van der Waals surface area contributed by atoms with Gasteiger partial charge in [0, 0.05) is 32.2 Å². The third-order valence-electron chi connectivity index (χ3n) is 6.94. The SMILES string of the molecule is CCCCCCCCN1C(=O)/C(=C\c2c(C)c(C#N)c(=O)n(C)c2N2CCC(C)CC2)SC1=S. The van der Waals surface area contributed by atoms with E-state index in [0.29, 0.717) is 27.3 Å².